The molecule has 0 saturated carbocycles. The van der Waals surface area contributed by atoms with Gasteiger partial charge in [-0.1, -0.05) is 23.9 Å². The molecule has 1 aliphatic heterocycles. The lowest BCUT2D eigenvalue weighted by Gasteiger charge is -2.16. The number of thioether (sulfide) groups is 1. The molecule has 2 aromatic rings. The first-order valence-corrected chi connectivity index (χ1v) is 10.0. The van der Waals surface area contributed by atoms with Crippen LogP contribution in [0.2, 0.25) is 0 Å². The Hall–Kier alpha value is -2.74. The van der Waals surface area contributed by atoms with E-state index in [1.807, 2.05) is 30.3 Å². The van der Waals surface area contributed by atoms with Gasteiger partial charge in [0.2, 0.25) is 5.89 Å². The molecule has 28 heavy (non-hydrogen) atoms. The lowest BCUT2D eigenvalue weighted by Crippen LogP contribution is -2.26. The number of esters is 1. The summed E-state index contributed by atoms with van der Waals surface area (Å²) >= 11 is 1.50. The van der Waals surface area contributed by atoms with Gasteiger partial charge in [0.1, 0.15) is 5.75 Å². The fourth-order valence-corrected chi connectivity index (χ4v) is 3.24. The molecule has 1 aromatic carbocycles. The minimum atomic E-state index is -0.231. The van der Waals surface area contributed by atoms with Gasteiger partial charge in [-0.2, -0.15) is 0 Å². The Balaban J connectivity index is 1.48. The summed E-state index contributed by atoms with van der Waals surface area (Å²) in [5.41, 5.74) is 1.96. The van der Waals surface area contributed by atoms with E-state index in [0.29, 0.717) is 36.6 Å². The first-order valence-electron chi connectivity index (χ1n) is 9.04. The number of aromatic nitrogens is 2. The maximum Gasteiger partial charge on any atom is 0.305 e. The van der Waals surface area contributed by atoms with Gasteiger partial charge in [-0.05, 0) is 43.7 Å². The third-order valence-corrected chi connectivity index (χ3v) is 4.86. The number of hydrogen-bond donors (Lipinski definition) is 1. The van der Waals surface area contributed by atoms with Gasteiger partial charge in [-0.3, -0.25) is 4.79 Å². The topological polar surface area (TPSA) is 86.5 Å². The van der Waals surface area contributed by atoms with Crippen LogP contribution in [0, 0.1) is 0 Å². The van der Waals surface area contributed by atoms with Crippen molar-refractivity contribution in [2.24, 2.45) is 0 Å². The van der Waals surface area contributed by atoms with Gasteiger partial charge in [0, 0.05) is 29.5 Å². The summed E-state index contributed by atoms with van der Waals surface area (Å²) in [7, 11) is 1.38. The number of benzene rings is 1. The molecule has 0 radical (unpaired) electrons. The predicted octanol–water partition coefficient (Wildman–Crippen LogP) is 3.59. The summed E-state index contributed by atoms with van der Waals surface area (Å²) < 4.78 is 16.0. The number of allylic oxidation sites excluding steroid dienone is 2. The molecule has 2 heterocycles. The number of rotatable bonds is 9. The minimum absolute atomic E-state index is 0.231. The van der Waals surface area contributed by atoms with Crippen molar-refractivity contribution in [3.8, 4) is 17.2 Å². The Kier molecular flexibility index (Phi) is 7.13. The van der Waals surface area contributed by atoms with Gasteiger partial charge in [-0.25, -0.2) is 0 Å². The molecule has 0 spiro atoms. The molecule has 1 unspecified atom stereocenters. The highest BCUT2D eigenvalue weighted by Crippen LogP contribution is 2.26. The third kappa shape index (κ3) is 5.88. The third-order valence-electron chi connectivity index (χ3n) is 3.99. The highest BCUT2D eigenvalue weighted by molar-refractivity contribution is 7.99. The second kappa shape index (κ2) is 9.98. The van der Waals surface area contributed by atoms with Crippen LogP contribution in [0.3, 0.4) is 0 Å². The summed E-state index contributed by atoms with van der Waals surface area (Å²) in [5.74, 6) is 1.71. The molecule has 0 aliphatic carbocycles. The van der Waals surface area contributed by atoms with E-state index in [0.717, 1.165) is 22.8 Å². The van der Waals surface area contributed by atoms with E-state index >= 15 is 0 Å². The monoisotopic (exact) mass is 401 g/mol. The van der Waals surface area contributed by atoms with Gasteiger partial charge in [0.05, 0.1) is 13.7 Å². The van der Waals surface area contributed by atoms with Crippen LogP contribution >= 0.6 is 11.8 Å². The zero-order chi connectivity index (χ0) is 19.8. The fraction of sp³-hybridized carbons (Fsp3) is 0.350. The molecule has 8 heteroatoms. The smallest absolute Gasteiger partial charge is 0.305 e. The number of methoxy groups -OCH3 is 1. The van der Waals surface area contributed by atoms with Crippen LogP contribution in [0.5, 0.6) is 5.75 Å². The van der Waals surface area contributed by atoms with Gasteiger partial charge < -0.3 is 19.2 Å². The van der Waals surface area contributed by atoms with Crippen molar-refractivity contribution >= 4 is 17.7 Å². The van der Waals surface area contributed by atoms with E-state index in [-0.39, 0.29) is 5.97 Å². The van der Waals surface area contributed by atoms with Crippen molar-refractivity contribution in [1.82, 2.24) is 15.5 Å². The van der Waals surface area contributed by atoms with Crippen LogP contribution in [0.25, 0.3) is 11.5 Å². The van der Waals surface area contributed by atoms with Gasteiger partial charge in [-0.15, -0.1) is 10.2 Å². The number of hydrogen-bond acceptors (Lipinski definition) is 8. The second-order valence-corrected chi connectivity index (χ2v) is 7.15. The van der Waals surface area contributed by atoms with Crippen molar-refractivity contribution in [2.75, 3.05) is 19.5 Å². The number of nitrogens with one attached hydrogen (secondary N) is 1. The number of nitrogens with zero attached hydrogens (tertiary/aromatic N) is 2. The molecule has 3 rings (SSSR count). The zero-order valence-corrected chi connectivity index (χ0v) is 16.7. The molecule has 0 fully saturated rings. The Labute approximate surface area is 168 Å². The Bertz CT molecular complexity index is 845. The fourth-order valence-electron chi connectivity index (χ4n) is 2.54. The molecule has 1 aromatic heterocycles. The summed E-state index contributed by atoms with van der Waals surface area (Å²) in [5, 5.41) is 12.1. The molecule has 148 valence electrons. The van der Waals surface area contributed by atoms with E-state index in [9.17, 15) is 4.79 Å². The van der Waals surface area contributed by atoms with Crippen LogP contribution in [-0.4, -0.2) is 41.7 Å². The maximum absolute atomic E-state index is 11.1. The van der Waals surface area contributed by atoms with Crippen molar-refractivity contribution in [2.45, 2.75) is 31.0 Å². The molecule has 0 bridgehead atoms. The average Bonchev–Trinajstić information content (AvgIpc) is 3.19. The largest absolute Gasteiger partial charge is 0.494 e. The quantitative estimate of drug-likeness (QED) is 0.388. The first-order chi connectivity index (χ1) is 13.6. The van der Waals surface area contributed by atoms with Gasteiger partial charge in [0.15, 0.2) is 0 Å². The maximum atomic E-state index is 11.1. The van der Waals surface area contributed by atoms with Crippen molar-refractivity contribution in [3.63, 3.8) is 0 Å². The van der Waals surface area contributed by atoms with Gasteiger partial charge >= 0.3 is 5.97 Å². The van der Waals surface area contributed by atoms with Crippen LogP contribution in [0.15, 0.2) is 57.8 Å². The first kappa shape index (κ1) is 20.0. The van der Waals surface area contributed by atoms with Crippen molar-refractivity contribution in [1.29, 1.82) is 0 Å². The molecule has 0 saturated heterocycles. The molecule has 0 amide bonds. The van der Waals surface area contributed by atoms with Gasteiger partial charge in [0.25, 0.3) is 5.22 Å². The van der Waals surface area contributed by atoms with Crippen LogP contribution in [0.4, 0.5) is 0 Å². The van der Waals surface area contributed by atoms with Crippen molar-refractivity contribution in [3.05, 3.63) is 48.2 Å². The van der Waals surface area contributed by atoms with E-state index < -0.39 is 0 Å². The number of dihydropyridines is 1. The van der Waals surface area contributed by atoms with Crippen LogP contribution < -0.4 is 10.1 Å². The van der Waals surface area contributed by atoms with E-state index in [4.69, 9.17) is 9.15 Å². The Morgan fingerprint density at radius 3 is 2.86 bits per heavy atom. The van der Waals surface area contributed by atoms with Crippen LogP contribution in [0.1, 0.15) is 19.8 Å². The highest BCUT2D eigenvalue weighted by Gasteiger charge is 2.11. The predicted molar refractivity (Wildman–Crippen MR) is 107 cm³/mol. The molecule has 1 aliphatic rings. The van der Waals surface area contributed by atoms with Crippen LogP contribution in [-0.2, 0) is 9.53 Å². The normalized spacial score (nSPS) is 15.6. The van der Waals surface area contributed by atoms with Crippen molar-refractivity contribution < 1.29 is 18.7 Å². The summed E-state index contributed by atoms with van der Waals surface area (Å²) in [6.07, 6.45) is 7.16. The molecule has 1 N–H and O–H groups in total. The number of carbonyl (C=O) groups is 1. The molecular weight excluding hydrogens is 378 g/mol. The lowest BCUT2D eigenvalue weighted by molar-refractivity contribution is -0.140. The number of ether oxygens (including phenoxy) is 2. The lowest BCUT2D eigenvalue weighted by atomic mass is 10.2. The Morgan fingerprint density at radius 2 is 2.11 bits per heavy atom. The zero-order valence-electron chi connectivity index (χ0n) is 15.9. The standard InChI is InChI=1S/C20H23N3O4S/c1-14-5-3-6-16(21-14)13-28-20-23-22-19(27-20)15-8-10-17(11-9-15)26-12-4-7-18(24)25-2/h3,5-6,8-11,14,21H,4,7,12-13H2,1-2H3. The molecule has 1 atom stereocenters. The molecule has 7 nitrogen and oxygen atoms in total. The second-order valence-electron chi connectivity index (χ2n) is 6.22. The highest BCUT2D eigenvalue weighted by atomic mass is 32.2. The minimum Gasteiger partial charge on any atom is -0.494 e. The Morgan fingerprint density at radius 1 is 1.29 bits per heavy atom. The average molecular weight is 401 g/mol. The van der Waals surface area contributed by atoms with E-state index in [2.05, 4.69) is 39.3 Å². The number of carbonyl (C=O) groups excluding carboxylic acids is 1. The summed E-state index contributed by atoms with van der Waals surface area (Å²) in [6, 6.07) is 7.76. The summed E-state index contributed by atoms with van der Waals surface area (Å²) in [4.78, 5) is 11.1. The van der Waals surface area contributed by atoms with E-state index in [1.54, 1.807) is 0 Å². The SMILES string of the molecule is COC(=O)CCCOc1ccc(-c2nnc(SCC3=CC=CC(C)N3)o2)cc1. The molecular formula is C20H23N3O4S. The summed E-state index contributed by atoms with van der Waals surface area (Å²) in [6.45, 7) is 2.55. The van der Waals surface area contributed by atoms with E-state index in [1.165, 1.54) is 18.9 Å².